The fraction of sp³-hybridized carbons (Fsp3) is 0.261. The average Bonchev–Trinajstić information content (AvgIpc) is 3.04. The highest BCUT2D eigenvalue weighted by atomic mass is 16.5. The van der Waals surface area contributed by atoms with E-state index in [1.54, 1.807) is 18.3 Å². The van der Waals surface area contributed by atoms with E-state index in [0.29, 0.717) is 11.6 Å². The number of ether oxygens (including phenoxy) is 2. The SMILES string of the molecule is COC(=O)c1cc(C(=O)OC)cc(-n2c(C)cc(/C=N\Nc3nc(C)cc(C)n3)c2C)c1. The first-order valence-electron chi connectivity index (χ1n) is 9.86. The molecule has 166 valence electrons. The van der Waals surface area contributed by atoms with Gasteiger partial charge in [0.15, 0.2) is 0 Å². The molecule has 1 aromatic carbocycles. The molecule has 0 saturated heterocycles. The maximum atomic E-state index is 12.1. The van der Waals surface area contributed by atoms with E-state index in [0.717, 1.165) is 28.3 Å². The summed E-state index contributed by atoms with van der Waals surface area (Å²) in [4.78, 5) is 32.9. The minimum Gasteiger partial charge on any atom is -0.465 e. The highest BCUT2D eigenvalue weighted by Gasteiger charge is 2.17. The van der Waals surface area contributed by atoms with Gasteiger partial charge in [-0.2, -0.15) is 5.10 Å². The Morgan fingerprint density at radius 1 is 0.906 bits per heavy atom. The van der Waals surface area contributed by atoms with Gasteiger partial charge < -0.3 is 14.0 Å². The number of hydrogen-bond donors (Lipinski definition) is 1. The molecule has 0 fully saturated rings. The van der Waals surface area contributed by atoms with Crippen LogP contribution >= 0.6 is 0 Å². The number of aryl methyl sites for hydroxylation is 3. The molecule has 2 heterocycles. The number of nitrogens with zero attached hydrogens (tertiary/aromatic N) is 4. The summed E-state index contributed by atoms with van der Waals surface area (Å²) in [6, 6.07) is 8.62. The molecule has 3 rings (SSSR count). The van der Waals surface area contributed by atoms with E-state index in [-0.39, 0.29) is 11.1 Å². The lowest BCUT2D eigenvalue weighted by molar-refractivity contribution is 0.0599. The van der Waals surface area contributed by atoms with Crippen LogP contribution < -0.4 is 5.43 Å². The number of hydrazone groups is 1. The number of benzene rings is 1. The van der Waals surface area contributed by atoms with E-state index in [2.05, 4.69) is 20.5 Å². The number of methoxy groups -OCH3 is 2. The van der Waals surface area contributed by atoms with Crippen molar-refractivity contribution in [3.8, 4) is 5.69 Å². The lowest BCUT2D eigenvalue weighted by Gasteiger charge is -2.13. The van der Waals surface area contributed by atoms with Crippen LogP contribution in [0.15, 0.2) is 35.4 Å². The Morgan fingerprint density at radius 3 is 2.00 bits per heavy atom. The van der Waals surface area contributed by atoms with E-state index in [1.807, 2.05) is 44.4 Å². The molecule has 0 aliphatic rings. The summed E-state index contributed by atoms with van der Waals surface area (Å²) >= 11 is 0. The largest absolute Gasteiger partial charge is 0.465 e. The quantitative estimate of drug-likeness (QED) is 0.358. The van der Waals surface area contributed by atoms with E-state index >= 15 is 0 Å². The molecule has 2 aromatic heterocycles. The van der Waals surface area contributed by atoms with Crippen molar-refractivity contribution < 1.29 is 19.1 Å². The van der Waals surface area contributed by atoms with Crippen LogP contribution in [0, 0.1) is 27.7 Å². The Hall–Kier alpha value is -4.01. The van der Waals surface area contributed by atoms with Crippen LogP contribution in [0.5, 0.6) is 0 Å². The standard InChI is InChI=1S/C23H25N5O4/c1-13-7-14(2)26-23(25-13)27-24-12-19-8-15(3)28(16(19)4)20-10-17(21(29)31-5)9-18(11-20)22(30)32-6/h7-12H,1-6H3,(H,25,26,27)/b24-12-. The molecule has 9 nitrogen and oxygen atoms in total. The van der Waals surface area contributed by atoms with Gasteiger partial charge in [0.25, 0.3) is 0 Å². The first-order chi connectivity index (χ1) is 15.2. The van der Waals surface area contributed by atoms with Crippen molar-refractivity contribution in [3.63, 3.8) is 0 Å². The van der Waals surface area contributed by atoms with E-state index in [4.69, 9.17) is 9.47 Å². The monoisotopic (exact) mass is 435 g/mol. The van der Waals surface area contributed by atoms with Crippen LogP contribution in [0.1, 0.15) is 49.1 Å². The number of hydrogen-bond acceptors (Lipinski definition) is 8. The highest BCUT2D eigenvalue weighted by Crippen LogP contribution is 2.23. The molecule has 0 unspecified atom stereocenters. The zero-order valence-corrected chi connectivity index (χ0v) is 18.9. The molecule has 0 amide bonds. The molecular formula is C23H25N5O4. The Balaban J connectivity index is 1.98. The summed E-state index contributed by atoms with van der Waals surface area (Å²) in [5, 5.41) is 4.26. The number of carbonyl (C=O) groups is 2. The smallest absolute Gasteiger partial charge is 0.337 e. The van der Waals surface area contributed by atoms with Gasteiger partial charge in [0.1, 0.15) is 0 Å². The van der Waals surface area contributed by atoms with Crippen molar-refractivity contribution in [1.82, 2.24) is 14.5 Å². The van der Waals surface area contributed by atoms with Crippen LogP contribution in [0.25, 0.3) is 5.69 Å². The van der Waals surface area contributed by atoms with Crippen molar-refractivity contribution in [2.45, 2.75) is 27.7 Å². The lowest BCUT2D eigenvalue weighted by Crippen LogP contribution is -2.10. The van der Waals surface area contributed by atoms with Gasteiger partial charge in [0.05, 0.1) is 31.6 Å². The Labute approximate surface area is 186 Å². The Morgan fingerprint density at radius 2 is 1.47 bits per heavy atom. The van der Waals surface area contributed by atoms with Crippen molar-refractivity contribution in [3.05, 3.63) is 69.8 Å². The molecule has 0 aliphatic carbocycles. The van der Waals surface area contributed by atoms with Crippen molar-refractivity contribution in [2.75, 3.05) is 19.6 Å². The first kappa shape index (κ1) is 22.7. The second-order valence-electron chi connectivity index (χ2n) is 7.26. The van der Waals surface area contributed by atoms with E-state index in [1.165, 1.54) is 20.3 Å². The molecule has 0 saturated carbocycles. The van der Waals surface area contributed by atoms with Gasteiger partial charge in [0, 0.05) is 34.0 Å². The second-order valence-corrected chi connectivity index (χ2v) is 7.26. The third-order valence-corrected chi connectivity index (χ3v) is 4.84. The first-order valence-corrected chi connectivity index (χ1v) is 9.86. The van der Waals surface area contributed by atoms with Gasteiger partial charge in [-0.05, 0) is 58.0 Å². The molecule has 0 atom stereocenters. The zero-order valence-electron chi connectivity index (χ0n) is 18.9. The summed E-state index contributed by atoms with van der Waals surface area (Å²) < 4.78 is 11.6. The van der Waals surface area contributed by atoms with Crippen LogP contribution in [-0.2, 0) is 9.47 Å². The van der Waals surface area contributed by atoms with Gasteiger partial charge in [-0.3, -0.25) is 0 Å². The van der Waals surface area contributed by atoms with Crippen LogP contribution in [0.3, 0.4) is 0 Å². The molecule has 1 N–H and O–H groups in total. The van der Waals surface area contributed by atoms with E-state index < -0.39 is 11.9 Å². The zero-order chi connectivity index (χ0) is 23.4. The topological polar surface area (TPSA) is 108 Å². The third kappa shape index (κ3) is 4.83. The molecule has 0 spiro atoms. The van der Waals surface area contributed by atoms with Crippen LogP contribution in [0.2, 0.25) is 0 Å². The van der Waals surface area contributed by atoms with Crippen molar-refractivity contribution in [1.29, 1.82) is 0 Å². The number of nitrogens with one attached hydrogen (secondary N) is 1. The van der Waals surface area contributed by atoms with E-state index in [9.17, 15) is 9.59 Å². The minimum atomic E-state index is -0.543. The molecule has 0 bridgehead atoms. The molecule has 0 radical (unpaired) electrons. The van der Waals surface area contributed by atoms with Gasteiger partial charge >= 0.3 is 11.9 Å². The summed E-state index contributed by atoms with van der Waals surface area (Å²) in [5.74, 6) is -0.668. The number of anilines is 1. The highest BCUT2D eigenvalue weighted by molar-refractivity contribution is 5.96. The van der Waals surface area contributed by atoms with Crippen LogP contribution in [0.4, 0.5) is 5.95 Å². The lowest BCUT2D eigenvalue weighted by atomic mass is 10.1. The predicted octanol–water partition coefficient (Wildman–Crippen LogP) is 3.52. The molecule has 9 heteroatoms. The number of aromatic nitrogens is 3. The predicted molar refractivity (Wildman–Crippen MR) is 121 cm³/mol. The molecule has 3 aromatic rings. The minimum absolute atomic E-state index is 0.252. The fourth-order valence-electron chi connectivity index (χ4n) is 3.46. The second kappa shape index (κ2) is 9.42. The molecular weight excluding hydrogens is 410 g/mol. The molecule has 32 heavy (non-hydrogen) atoms. The average molecular weight is 435 g/mol. The van der Waals surface area contributed by atoms with Gasteiger partial charge in [-0.25, -0.2) is 25.0 Å². The number of carbonyl (C=O) groups excluding carboxylic acids is 2. The van der Waals surface area contributed by atoms with Gasteiger partial charge in [0.2, 0.25) is 5.95 Å². The van der Waals surface area contributed by atoms with Crippen LogP contribution in [-0.4, -0.2) is 46.9 Å². The fourth-order valence-corrected chi connectivity index (χ4v) is 3.46. The summed E-state index contributed by atoms with van der Waals surface area (Å²) in [5.41, 5.74) is 8.29. The Kier molecular flexibility index (Phi) is 6.67. The third-order valence-electron chi connectivity index (χ3n) is 4.84. The summed E-state index contributed by atoms with van der Waals surface area (Å²) in [7, 11) is 2.58. The number of rotatable bonds is 6. The maximum Gasteiger partial charge on any atom is 0.337 e. The van der Waals surface area contributed by atoms with Gasteiger partial charge in [-0.15, -0.1) is 0 Å². The van der Waals surface area contributed by atoms with Crippen molar-refractivity contribution >= 4 is 24.1 Å². The number of esters is 2. The van der Waals surface area contributed by atoms with Crippen molar-refractivity contribution in [2.24, 2.45) is 5.10 Å². The maximum absolute atomic E-state index is 12.1. The normalized spacial score (nSPS) is 10.9. The van der Waals surface area contributed by atoms with Gasteiger partial charge in [-0.1, -0.05) is 0 Å². The molecule has 0 aliphatic heterocycles. The Bertz CT molecular complexity index is 1160. The summed E-state index contributed by atoms with van der Waals surface area (Å²) in [6.45, 7) is 7.63. The summed E-state index contributed by atoms with van der Waals surface area (Å²) in [6.07, 6.45) is 1.67.